The Balaban J connectivity index is 2.86. The van der Waals surface area contributed by atoms with Crippen LogP contribution in [0.2, 0.25) is 0 Å². The SMILES string of the molecule is CC1=C(O)C(C=O)OC=C1. The van der Waals surface area contributed by atoms with E-state index in [0.29, 0.717) is 11.9 Å². The van der Waals surface area contributed by atoms with Gasteiger partial charge in [0.1, 0.15) is 5.76 Å². The summed E-state index contributed by atoms with van der Waals surface area (Å²) >= 11 is 0. The molecule has 1 aliphatic rings. The van der Waals surface area contributed by atoms with Crippen LogP contribution in [0.4, 0.5) is 0 Å². The minimum absolute atomic E-state index is 0.00231. The lowest BCUT2D eigenvalue weighted by molar-refractivity contribution is -0.114. The van der Waals surface area contributed by atoms with Gasteiger partial charge in [-0.05, 0) is 18.6 Å². The Morgan fingerprint density at radius 3 is 3.00 bits per heavy atom. The van der Waals surface area contributed by atoms with Gasteiger partial charge in [0.05, 0.1) is 6.26 Å². The van der Waals surface area contributed by atoms with Crippen LogP contribution in [0.15, 0.2) is 23.7 Å². The molecule has 0 saturated carbocycles. The van der Waals surface area contributed by atoms with Crippen molar-refractivity contribution in [2.24, 2.45) is 0 Å². The van der Waals surface area contributed by atoms with Crippen LogP contribution in [-0.4, -0.2) is 17.5 Å². The highest BCUT2D eigenvalue weighted by atomic mass is 16.5. The molecule has 1 heterocycles. The first-order valence-electron chi connectivity index (χ1n) is 2.92. The van der Waals surface area contributed by atoms with Crippen molar-refractivity contribution in [1.82, 2.24) is 0 Å². The maximum Gasteiger partial charge on any atom is 0.209 e. The molecule has 3 nitrogen and oxygen atoms in total. The Morgan fingerprint density at radius 2 is 2.50 bits per heavy atom. The van der Waals surface area contributed by atoms with Crippen LogP contribution in [0.1, 0.15) is 6.92 Å². The molecule has 0 spiro atoms. The summed E-state index contributed by atoms with van der Waals surface area (Å²) in [6.45, 7) is 1.71. The Morgan fingerprint density at radius 1 is 1.80 bits per heavy atom. The molecule has 1 atom stereocenters. The summed E-state index contributed by atoms with van der Waals surface area (Å²) < 4.78 is 4.75. The van der Waals surface area contributed by atoms with Crippen LogP contribution >= 0.6 is 0 Å². The summed E-state index contributed by atoms with van der Waals surface area (Å²) in [5.41, 5.74) is 0.670. The average molecular weight is 140 g/mol. The zero-order valence-electron chi connectivity index (χ0n) is 5.57. The predicted molar refractivity (Wildman–Crippen MR) is 35.4 cm³/mol. The van der Waals surface area contributed by atoms with Crippen molar-refractivity contribution in [3.63, 3.8) is 0 Å². The number of allylic oxidation sites excluding steroid dienone is 2. The van der Waals surface area contributed by atoms with E-state index in [-0.39, 0.29) is 5.76 Å². The number of aldehydes is 1. The van der Waals surface area contributed by atoms with E-state index in [1.54, 1.807) is 13.0 Å². The van der Waals surface area contributed by atoms with Crippen molar-refractivity contribution >= 4 is 6.29 Å². The molecule has 0 aromatic rings. The minimum Gasteiger partial charge on any atom is -0.508 e. The quantitative estimate of drug-likeness (QED) is 0.551. The lowest BCUT2D eigenvalue weighted by Gasteiger charge is -2.14. The van der Waals surface area contributed by atoms with Crippen LogP contribution < -0.4 is 0 Å². The van der Waals surface area contributed by atoms with E-state index in [9.17, 15) is 4.79 Å². The maximum absolute atomic E-state index is 10.2. The van der Waals surface area contributed by atoms with Crippen LogP contribution in [0.5, 0.6) is 0 Å². The summed E-state index contributed by atoms with van der Waals surface area (Å²) in [6, 6.07) is 0. The van der Waals surface area contributed by atoms with E-state index in [2.05, 4.69) is 0 Å². The summed E-state index contributed by atoms with van der Waals surface area (Å²) in [5, 5.41) is 9.11. The number of carbonyl (C=O) groups is 1. The van der Waals surface area contributed by atoms with Crippen LogP contribution in [0.3, 0.4) is 0 Å². The van der Waals surface area contributed by atoms with E-state index in [1.807, 2.05) is 0 Å². The van der Waals surface area contributed by atoms with E-state index in [4.69, 9.17) is 9.84 Å². The molecule has 3 heteroatoms. The summed E-state index contributed by atoms with van der Waals surface area (Å²) in [4.78, 5) is 10.2. The Kier molecular flexibility index (Phi) is 1.76. The predicted octanol–water partition coefficient (Wildman–Crippen LogP) is 0.930. The second-order valence-electron chi connectivity index (χ2n) is 2.06. The Labute approximate surface area is 58.6 Å². The fraction of sp³-hybridized carbons (Fsp3) is 0.286. The van der Waals surface area contributed by atoms with Gasteiger partial charge in [0.25, 0.3) is 0 Å². The van der Waals surface area contributed by atoms with Gasteiger partial charge in [-0.3, -0.25) is 4.79 Å². The van der Waals surface area contributed by atoms with Crippen molar-refractivity contribution in [3.05, 3.63) is 23.7 Å². The molecule has 1 aliphatic heterocycles. The molecule has 0 aromatic carbocycles. The fourth-order valence-corrected chi connectivity index (χ4v) is 0.697. The first-order valence-corrected chi connectivity index (χ1v) is 2.92. The molecule has 0 aromatic heterocycles. The third kappa shape index (κ3) is 1.03. The third-order valence-electron chi connectivity index (χ3n) is 1.34. The zero-order chi connectivity index (χ0) is 7.56. The van der Waals surface area contributed by atoms with Gasteiger partial charge in [-0.15, -0.1) is 0 Å². The molecule has 0 radical (unpaired) electrons. The van der Waals surface area contributed by atoms with Crippen molar-refractivity contribution in [3.8, 4) is 0 Å². The number of aliphatic hydroxyl groups excluding tert-OH is 1. The van der Waals surface area contributed by atoms with Gasteiger partial charge < -0.3 is 9.84 Å². The normalized spacial score (nSPS) is 24.3. The fourth-order valence-electron chi connectivity index (χ4n) is 0.697. The van der Waals surface area contributed by atoms with E-state index >= 15 is 0 Å². The van der Waals surface area contributed by atoms with Crippen LogP contribution in [0, 0.1) is 0 Å². The van der Waals surface area contributed by atoms with Gasteiger partial charge in [0.15, 0.2) is 6.29 Å². The number of hydrogen-bond acceptors (Lipinski definition) is 3. The molecule has 0 saturated heterocycles. The molecule has 54 valence electrons. The van der Waals surface area contributed by atoms with E-state index in [0.717, 1.165) is 0 Å². The highest BCUT2D eigenvalue weighted by Gasteiger charge is 2.16. The topological polar surface area (TPSA) is 46.5 Å². The highest BCUT2D eigenvalue weighted by Crippen LogP contribution is 2.14. The van der Waals surface area contributed by atoms with Gasteiger partial charge in [-0.1, -0.05) is 0 Å². The molecular formula is C7H8O3. The summed E-state index contributed by atoms with van der Waals surface area (Å²) in [7, 11) is 0. The molecule has 0 bridgehead atoms. The summed E-state index contributed by atoms with van der Waals surface area (Å²) in [6.07, 6.45) is 2.76. The molecule has 0 amide bonds. The smallest absolute Gasteiger partial charge is 0.209 e. The molecule has 1 N–H and O–H groups in total. The average Bonchev–Trinajstić information content (AvgIpc) is 1.95. The number of ether oxygens (including phenoxy) is 1. The van der Waals surface area contributed by atoms with E-state index in [1.165, 1.54) is 6.26 Å². The molecule has 0 fully saturated rings. The van der Waals surface area contributed by atoms with Crippen molar-refractivity contribution in [2.75, 3.05) is 0 Å². The number of carbonyl (C=O) groups excluding carboxylic acids is 1. The molecule has 10 heavy (non-hydrogen) atoms. The summed E-state index contributed by atoms with van der Waals surface area (Å²) in [5.74, 6) is -0.00231. The zero-order valence-corrected chi connectivity index (χ0v) is 5.57. The monoisotopic (exact) mass is 140 g/mol. The molecular weight excluding hydrogens is 132 g/mol. The number of hydrogen-bond donors (Lipinski definition) is 1. The molecule has 0 aliphatic carbocycles. The lowest BCUT2D eigenvalue weighted by Crippen LogP contribution is -2.18. The Bertz CT molecular complexity index is 203. The van der Waals surface area contributed by atoms with Crippen molar-refractivity contribution in [1.29, 1.82) is 0 Å². The van der Waals surface area contributed by atoms with Gasteiger partial charge >= 0.3 is 0 Å². The third-order valence-corrected chi connectivity index (χ3v) is 1.34. The van der Waals surface area contributed by atoms with Gasteiger partial charge in [-0.25, -0.2) is 0 Å². The Hall–Kier alpha value is -1.25. The standard InChI is InChI=1S/C7H8O3/c1-5-2-3-10-6(4-8)7(5)9/h2-4,6,9H,1H3. The lowest BCUT2D eigenvalue weighted by atomic mass is 10.1. The second-order valence-corrected chi connectivity index (χ2v) is 2.06. The second kappa shape index (κ2) is 2.56. The largest absolute Gasteiger partial charge is 0.508 e. The van der Waals surface area contributed by atoms with E-state index < -0.39 is 6.10 Å². The number of rotatable bonds is 1. The van der Waals surface area contributed by atoms with Gasteiger partial charge in [0, 0.05) is 0 Å². The molecule has 1 rings (SSSR count). The first-order chi connectivity index (χ1) is 4.75. The molecule has 1 unspecified atom stereocenters. The van der Waals surface area contributed by atoms with Crippen molar-refractivity contribution < 1.29 is 14.6 Å². The maximum atomic E-state index is 10.2. The van der Waals surface area contributed by atoms with Gasteiger partial charge in [-0.2, -0.15) is 0 Å². The van der Waals surface area contributed by atoms with Crippen molar-refractivity contribution in [2.45, 2.75) is 13.0 Å². The van der Waals surface area contributed by atoms with Crippen LogP contribution in [0.25, 0.3) is 0 Å². The number of aliphatic hydroxyl groups is 1. The first kappa shape index (κ1) is 6.86. The van der Waals surface area contributed by atoms with Crippen LogP contribution in [-0.2, 0) is 9.53 Å². The highest BCUT2D eigenvalue weighted by molar-refractivity contribution is 5.62. The van der Waals surface area contributed by atoms with Gasteiger partial charge in [0.2, 0.25) is 6.10 Å². The minimum atomic E-state index is -0.801.